The van der Waals surface area contributed by atoms with Gasteiger partial charge in [-0.25, -0.2) is 4.39 Å². The molecule has 1 fully saturated rings. The molecule has 0 amide bonds. The minimum Gasteiger partial charge on any atom is -0.403 e. The smallest absolute Gasteiger partial charge is 0.403 e. The molecule has 1 nitrogen and oxygen atoms in total. The molecule has 150 valence electrons. The summed E-state index contributed by atoms with van der Waals surface area (Å²) >= 11 is 0. The molecule has 5 heteroatoms. The van der Waals surface area contributed by atoms with Crippen LogP contribution in [0.15, 0.2) is 24.3 Å². The van der Waals surface area contributed by atoms with Crippen molar-refractivity contribution in [3.8, 4) is 5.75 Å². The maximum absolute atomic E-state index is 14.4. The number of hydrogen-bond donors (Lipinski definition) is 0. The average molecular weight is 384 g/mol. The van der Waals surface area contributed by atoms with E-state index in [1.54, 1.807) is 6.07 Å². The SMILES string of the molecule is C/C=C/CCC1CCC(C2CCc3c(ccc(OC(F)(F)F)c3F)C2)CC1. The average Bonchev–Trinajstić information content (AvgIpc) is 2.64. The summed E-state index contributed by atoms with van der Waals surface area (Å²) in [4.78, 5) is 0. The van der Waals surface area contributed by atoms with Gasteiger partial charge in [-0.05, 0) is 86.8 Å². The predicted octanol–water partition coefficient (Wildman–Crippen LogP) is 6.99. The molecule has 0 saturated heterocycles. The largest absolute Gasteiger partial charge is 0.573 e. The van der Waals surface area contributed by atoms with Crippen molar-refractivity contribution in [1.82, 2.24) is 0 Å². The van der Waals surface area contributed by atoms with E-state index in [4.69, 9.17) is 0 Å². The van der Waals surface area contributed by atoms with Gasteiger partial charge in [0.1, 0.15) is 0 Å². The van der Waals surface area contributed by atoms with Gasteiger partial charge in [0.05, 0.1) is 0 Å². The predicted molar refractivity (Wildman–Crippen MR) is 98.1 cm³/mol. The van der Waals surface area contributed by atoms with E-state index in [1.807, 2.05) is 0 Å². The second-order valence-corrected chi connectivity index (χ2v) is 7.99. The molecule has 0 radical (unpaired) electrons. The summed E-state index contributed by atoms with van der Waals surface area (Å²) in [5, 5.41) is 0. The highest BCUT2D eigenvalue weighted by Gasteiger charge is 2.35. The topological polar surface area (TPSA) is 9.23 Å². The van der Waals surface area contributed by atoms with Gasteiger partial charge in [-0.2, -0.15) is 0 Å². The van der Waals surface area contributed by atoms with Gasteiger partial charge in [-0.1, -0.05) is 31.1 Å². The molecular weight excluding hydrogens is 356 g/mol. The maximum Gasteiger partial charge on any atom is 0.573 e. The molecule has 1 aromatic rings. The molecule has 2 aliphatic rings. The van der Waals surface area contributed by atoms with Gasteiger partial charge >= 0.3 is 6.36 Å². The third-order valence-electron chi connectivity index (χ3n) is 6.31. The highest BCUT2D eigenvalue weighted by atomic mass is 19.4. The van der Waals surface area contributed by atoms with Crippen LogP contribution in [0.5, 0.6) is 5.75 Å². The zero-order chi connectivity index (χ0) is 19.4. The molecule has 0 spiro atoms. The molecule has 1 saturated carbocycles. The van der Waals surface area contributed by atoms with Gasteiger partial charge in [0.15, 0.2) is 11.6 Å². The Morgan fingerprint density at radius 2 is 1.81 bits per heavy atom. The van der Waals surface area contributed by atoms with Gasteiger partial charge in [-0.3, -0.25) is 0 Å². The lowest BCUT2D eigenvalue weighted by Gasteiger charge is -2.36. The van der Waals surface area contributed by atoms with E-state index in [-0.39, 0.29) is 0 Å². The van der Waals surface area contributed by atoms with E-state index >= 15 is 0 Å². The number of rotatable bonds is 5. The number of allylic oxidation sites excluding steroid dienone is 2. The minimum absolute atomic E-state index is 0.410. The van der Waals surface area contributed by atoms with Gasteiger partial charge in [0.25, 0.3) is 0 Å². The Morgan fingerprint density at radius 3 is 2.48 bits per heavy atom. The zero-order valence-corrected chi connectivity index (χ0v) is 15.8. The number of benzene rings is 1. The summed E-state index contributed by atoms with van der Waals surface area (Å²) in [5.74, 6) is 0.443. The molecule has 1 unspecified atom stereocenters. The summed E-state index contributed by atoms with van der Waals surface area (Å²) in [5.41, 5.74) is 1.27. The first-order valence-corrected chi connectivity index (χ1v) is 10.0. The van der Waals surface area contributed by atoms with E-state index in [0.29, 0.717) is 23.8 Å². The first-order chi connectivity index (χ1) is 12.9. The van der Waals surface area contributed by atoms with E-state index in [9.17, 15) is 17.6 Å². The summed E-state index contributed by atoms with van der Waals surface area (Å²) < 4.78 is 55.4. The van der Waals surface area contributed by atoms with Crippen LogP contribution in [0, 0.1) is 23.6 Å². The van der Waals surface area contributed by atoms with Crippen LogP contribution in [0.25, 0.3) is 0 Å². The van der Waals surface area contributed by atoms with Crippen LogP contribution in [0.2, 0.25) is 0 Å². The van der Waals surface area contributed by atoms with Crippen LogP contribution in [0.1, 0.15) is 63.0 Å². The normalized spacial score (nSPS) is 26.2. The Bertz CT molecular complexity index is 657. The van der Waals surface area contributed by atoms with Crippen molar-refractivity contribution in [2.45, 2.75) is 71.1 Å². The van der Waals surface area contributed by atoms with Crippen LogP contribution in [0.3, 0.4) is 0 Å². The lowest BCUT2D eigenvalue weighted by Crippen LogP contribution is -2.27. The van der Waals surface area contributed by atoms with E-state index in [0.717, 1.165) is 36.8 Å². The quantitative estimate of drug-likeness (QED) is 0.393. The molecule has 3 rings (SSSR count). The second-order valence-electron chi connectivity index (χ2n) is 7.99. The molecule has 1 atom stereocenters. The Labute approximate surface area is 158 Å². The van der Waals surface area contributed by atoms with E-state index in [2.05, 4.69) is 23.8 Å². The fourth-order valence-corrected chi connectivity index (χ4v) is 4.87. The molecule has 0 aliphatic heterocycles. The van der Waals surface area contributed by atoms with Crippen LogP contribution < -0.4 is 4.74 Å². The van der Waals surface area contributed by atoms with E-state index in [1.165, 1.54) is 32.1 Å². The number of fused-ring (bicyclic) bond motifs is 1. The molecule has 0 heterocycles. The molecule has 0 N–H and O–H groups in total. The highest BCUT2D eigenvalue weighted by Crippen LogP contribution is 2.42. The van der Waals surface area contributed by atoms with Gasteiger partial charge in [0.2, 0.25) is 0 Å². The van der Waals surface area contributed by atoms with E-state index < -0.39 is 17.9 Å². The fourth-order valence-electron chi connectivity index (χ4n) is 4.87. The molecule has 27 heavy (non-hydrogen) atoms. The van der Waals surface area contributed by atoms with Crippen molar-refractivity contribution in [2.24, 2.45) is 17.8 Å². The summed E-state index contributed by atoms with van der Waals surface area (Å²) in [7, 11) is 0. The maximum atomic E-state index is 14.4. The fraction of sp³-hybridized carbons (Fsp3) is 0.636. The number of hydrogen-bond acceptors (Lipinski definition) is 1. The Kier molecular flexibility index (Phi) is 6.48. The van der Waals surface area contributed by atoms with Crippen molar-refractivity contribution in [3.05, 3.63) is 41.2 Å². The molecule has 2 aliphatic carbocycles. The van der Waals surface area contributed by atoms with Crippen LogP contribution in [-0.2, 0) is 12.8 Å². The van der Waals surface area contributed by atoms with Gasteiger partial charge in [0, 0.05) is 0 Å². The Hall–Kier alpha value is -1.52. The monoisotopic (exact) mass is 384 g/mol. The zero-order valence-electron chi connectivity index (χ0n) is 15.8. The number of halogens is 4. The molecule has 0 aromatic heterocycles. The highest BCUT2D eigenvalue weighted by molar-refractivity contribution is 5.39. The third kappa shape index (κ3) is 5.26. The summed E-state index contributed by atoms with van der Waals surface area (Å²) in [6.07, 6.45) is 8.99. The minimum atomic E-state index is -4.86. The third-order valence-corrected chi connectivity index (χ3v) is 6.31. The second kappa shape index (κ2) is 8.66. The Balaban J connectivity index is 1.58. The van der Waals surface area contributed by atoms with Crippen molar-refractivity contribution in [3.63, 3.8) is 0 Å². The summed E-state index contributed by atoms with van der Waals surface area (Å²) in [6.45, 7) is 2.05. The van der Waals surface area contributed by atoms with Crippen LogP contribution in [-0.4, -0.2) is 6.36 Å². The lowest BCUT2D eigenvalue weighted by atomic mass is 9.69. The van der Waals surface area contributed by atoms with Crippen LogP contribution >= 0.6 is 0 Å². The molecule has 0 bridgehead atoms. The van der Waals surface area contributed by atoms with Gasteiger partial charge in [-0.15, -0.1) is 13.2 Å². The first kappa shape index (κ1) is 20.2. The van der Waals surface area contributed by atoms with Crippen molar-refractivity contribution >= 4 is 0 Å². The van der Waals surface area contributed by atoms with Crippen molar-refractivity contribution in [2.75, 3.05) is 0 Å². The number of alkyl halides is 3. The Morgan fingerprint density at radius 1 is 1.07 bits per heavy atom. The molecular formula is C22H28F4O. The van der Waals surface area contributed by atoms with Crippen molar-refractivity contribution < 1.29 is 22.3 Å². The van der Waals surface area contributed by atoms with Crippen LogP contribution in [0.4, 0.5) is 17.6 Å². The van der Waals surface area contributed by atoms with Gasteiger partial charge < -0.3 is 4.74 Å². The molecule has 1 aromatic carbocycles. The van der Waals surface area contributed by atoms with Crippen molar-refractivity contribution in [1.29, 1.82) is 0 Å². The number of ether oxygens (including phenoxy) is 1. The summed E-state index contributed by atoms with van der Waals surface area (Å²) in [6, 6.07) is 2.75. The first-order valence-electron chi connectivity index (χ1n) is 10.0. The lowest BCUT2D eigenvalue weighted by molar-refractivity contribution is -0.275. The standard InChI is InChI=1S/C22H28F4O/c1-2-3-4-5-15-6-8-16(9-7-15)17-10-12-19-18(14-17)11-13-20(21(19)23)27-22(24,25)26/h2-3,11,13,15-17H,4-10,12,14H2,1H3/b3-2+.